The van der Waals surface area contributed by atoms with Crippen LogP contribution in [0.4, 0.5) is 10.1 Å². The second-order valence-electron chi connectivity index (χ2n) is 8.40. The Morgan fingerprint density at radius 1 is 1.22 bits per heavy atom. The summed E-state index contributed by atoms with van der Waals surface area (Å²) in [5.41, 5.74) is 0.777. The second-order valence-corrected chi connectivity index (χ2v) is 8.40. The summed E-state index contributed by atoms with van der Waals surface area (Å²) in [5, 5.41) is 12.8. The van der Waals surface area contributed by atoms with E-state index in [0.29, 0.717) is 42.6 Å². The number of para-hydroxylation sites is 1. The van der Waals surface area contributed by atoms with Gasteiger partial charge in [0, 0.05) is 25.9 Å². The van der Waals surface area contributed by atoms with Gasteiger partial charge in [0.25, 0.3) is 5.91 Å². The topological polar surface area (TPSA) is 90.0 Å². The van der Waals surface area contributed by atoms with Crippen LogP contribution < -0.4 is 10.2 Å². The normalized spacial score (nSPS) is 20.7. The molecule has 2 heterocycles. The molecule has 32 heavy (non-hydrogen) atoms. The molecule has 4 rings (SSSR count). The van der Waals surface area contributed by atoms with Crippen LogP contribution in [0.1, 0.15) is 54.6 Å². The molecule has 7 nitrogen and oxygen atoms in total. The van der Waals surface area contributed by atoms with Crippen molar-refractivity contribution in [2.45, 2.75) is 44.4 Å². The third kappa shape index (κ3) is 3.98. The van der Waals surface area contributed by atoms with Gasteiger partial charge in [-0.15, -0.1) is 0 Å². The van der Waals surface area contributed by atoms with Gasteiger partial charge < -0.3 is 15.3 Å². The van der Waals surface area contributed by atoms with E-state index < -0.39 is 17.6 Å². The maximum Gasteiger partial charge on any atom is 0.257 e. The van der Waals surface area contributed by atoms with E-state index in [2.05, 4.69) is 5.32 Å². The zero-order valence-electron chi connectivity index (χ0n) is 17.9. The Kier molecular flexibility index (Phi) is 5.97. The van der Waals surface area contributed by atoms with E-state index in [4.69, 9.17) is 0 Å². The van der Waals surface area contributed by atoms with Crippen molar-refractivity contribution >= 4 is 23.4 Å². The van der Waals surface area contributed by atoms with Crippen LogP contribution in [0.25, 0.3) is 0 Å². The largest absolute Gasteiger partial charge is 0.387 e. The number of amides is 3. The number of aliphatic hydroxyl groups excluding tert-OH is 1. The molecule has 0 bridgehead atoms. The highest BCUT2D eigenvalue weighted by atomic mass is 19.1. The van der Waals surface area contributed by atoms with Gasteiger partial charge in [-0.05, 0) is 49.6 Å². The molecule has 0 spiro atoms. The zero-order valence-corrected chi connectivity index (χ0v) is 17.9. The number of fused-ring (bicyclic) bond motifs is 3. The summed E-state index contributed by atoms with van der Waals surface area (Å²) in [6.07, 6.45) is 0.468. The quantitative estimate of drug-likeness (QED) is 0.694. The maximum absolute atomic E-state index is 13.3. The van der Waals surface area contributed by atoms with Crippen molar-refractivity contribution in [2.75, 3.05) is 18.0 Å². The van der Waals surface area contributed by atoms with E-state index in [1.54, 1.807) is 34.1 Å². The number of anilines is 1. The van der Waals surface area contributed by atoms with Crippen LogP contribution >= 0.6 is 0 Å². The molecule has 3 amide bonds. The predicted octanol–water partition coefficient (Wildman–Crippen LogP) is 2.75. The molecule has 0 saturated carbocycles. The number of nitrogens with one attached hydrogen (secondary N) is 1. The van der Waals surface area contributed by atoms with Crippen LogP contribution in [0.3, 0.4) is 0 Å². The van der Waals surface area contributed by atoms with Crippen LogP contribution in [0.2, 0.25) is 0 Å². The van der Waals surface area contributed by atoms with Crippen molar-refractivity contribution in [1.82, 2.24) is 10.2 Å². The van der Waals surface area contributed by atoms with Gasteiger partial charge in [0.15, 0.2) is 0 Å². The smallest absolute Gasteiger partial charge is 0.257 e. The van der Waals surface area contributed by atoms with Crippen molar-refractivity contribution in [3.05, 3.63) is 65.5 Å². The van der Waals surface area contributed by atoms with Crippen LogP contribution in [0, 0.1) is 5.82 Å². The Balaban J connectivity index is 1.36. The van der Waals surface area contributed by atoms with Gasteiger partial charge >= 0.3 is 0 Å². The summed E-state index contributed by atoms with van der Waals surface area (Å²) < 4.78 is 13.3. The average molecular weight is 439 g/mol. The first-order valence-corrected chi connectivity index (χ1v) is 10.8. The van der Waals surface area contributed by atoms with Crippen LogP contribution in [0.5, 0.6) is 0 Å². The number of rotatable bonds is 7. The Morgan fingerprint density at radius 3 is 2.78 bits per heavy atom. The maximum atomic E-state index is 13.3. The van der Waals surface area contributed by atoms with Gasteiger partial charge in [-0.3, -0.25) is 19.3 Å². The van der Waals surface area contributed by atoms with Gasteiger partial charge in [-0.1, -0.05) is 24.3 Å². The summed E-state index contributed by atoms with van der Waals surface area (Å²) in [6.45, 7) is 2.19. The first kappa shape index (κ1) is 22.0. The van der Waals surface area contributed by atoms with E-state index in [1.807, 2.05) is 13.0 Å². The lowest BCUT2D eigenvalue weighted by molar-refractivity contribution is -0.122. The molecule has 8 heteroatoms. The molecule has 2 aromatic rings. The SMILES string of the molecule is CC12CCC(=O)N1c1ccccc1C(=O)N2CCCC(=O)NCC(O)c1cccc(F)c1. The van der Waals surface area contributed by atoms with E-state index in [0.717, 1.165) is 0 Å². The number of carbonyl (C=O) groups is 3. The van der Waals surface area contributed by atoms with E-state index in [9.17, 15) is 23.9 Å². The molecule has 2 atom stereocenters. The highest BCUT2D eigenvalue weighted by Crippen LogP contribution is 2.44. The number of hydrogen-bond donors (Lipinski definition) is 2. The van der Waals surface area contributed by atoms with Crippen molar-refractivity contribution in [3.63, 3.8) is 0 Å². The minimum Gasteiger partial charge on any atom is -0.387 e. The summed E-state index contributed by atoms with van der Waals surface area (Å²) in [4.78, 5) is 41.4. The van der Waals surface area contributed by atoms with E-state index in [1.165, 1.54) is 18.2 Å². The van der Waals surface area contributed by atoms with Gasteiger partial charge in [0.1, 0.15) is 11.5 Å². The molecular weight excluding hydrogens is 413 g/mol. The molecule has 2 aliphatic heterocycles. The van der Waals surface area contributed by atoms with Crippen LogP contribution in [-0.4, -0.2) is 46.5 Å². The number of benzene rings is 2. The molecule has 2 N–H and O–H groups in total. The second kappa shape index (κ2) is 8.70. The van der Waals surface area contributed by atoms with Crippen LogP contribution in [-0.2, 0) is 9.59 Å². The predicted molar refractivity (Wildman–Crippen MR) is 116 cm³/mol. The first-order valence-electron chi connectivity index (χ1n) is 10.8. The fourth-order valence-corrected chi connectivity index (χ4v) is 4.57. The van der Waals surface area contributed by atoms with Gasteiger partial charge in [-0.25, -0.2) is 4.39 Å². The number of hydrogen-bond acceptors (Lipinski definition) is 4. The molecule has 0 radical (unpaired) electrons. The molecular formula is C24H26FN3O4. The van der Waals surface area contributed by atoms with Crippen molar-refractivity contribution in [3.8, 4) is 0 Å². The molecule has 1 fully saturated rings. The molecule has 0 aliphatic carbocycles. The third-order valence-corrected chi connectivity index (χ3v) is 6.26. The lowest BCUT2D eigenvalue weighted by Crippen LogP contribution is -2.62. The molecule has 2 aromatic carbocycles. The average Bonchev–Trinajstić information content (AvgIpc) is 3.09. The Morgan fingerprint density at radius 2 is 2.00 bits per heavy atom. The van der Waals surface area contributed by atoms with Gasteiger partial charge in [0.2, 0.25) is 11.8 Å². The van der Waals surface area contributed by atoms with Crippen LogP contribution in [0.15, 0.2) is 48.5 Å². The number of aliphatic hydroxyl groups is 1. The standard InChI is InChI=1S/C24H26FN3O4/c1-24-12-11-22(31)28(24)19-9-3-2-8-18(19)23(32)27(24)13-5-10-21(30)26-15-20(29)16-6-4-7-17(25)14-16/h2-4,6-9,14,20,29H,5,10-13,15H2,1H3,(H,26,30). The fraction of sp³-hybridized carbons (Fsp3) is 0.375. The van der Waals surface area contributed by atoms with Gasteiger partial charge in [-0.2, -0.15) is 0 Å². The number of nitrogens with zero attached hydrogens (tertiary/aromatic N) is 2. The first-order chi connectivity index (χ1) is 15.3. The summed E-state index contributed by atoms with van der Waals surface area (Å²) in [7, 11) is 0. The minimum absolute atomic E-state index is 0.0125. The molecule has 2 aliphatic rings. The molecule has 1 saturated heterocycles. The summed E-state index contributed by atoms with van der Waals surface area (Å²) in [5.74, 6) is -0.874. The number of halogens is 1. The highest BCUT2D eigenvalue weighted by molar-refractivity contribution is 6.10. The number of carbonyl (C=O) groups excluding carboxylic acids is 3. The Hall–Kier alpha value is -3.26. The van der Waals surface area contributed by atoms with Crippen molar-refractivity contribution < 1.29 is 23.9 Å². The summed E-state index contributed by atoms with van der Waals surface area (Å²) >= 11 is 0. The monoisotopic (exact) mass is 439 g/mol. The molecule has 0 aromatic heterocycles. The highest BCUT2D eigenvalue weighted by Gasteiger charge is 2.52. The lowest BCUT2D eigenvalue weighted by Gasteiger charge is -2.48. The lowest BCUT2D eigenvalue weighted by atomic mass is 9.98. The molecule has 2 unspecified atom stereocenters. The van der Waals surface area contributed by atoms with E-state index >= 15 is 0 Å². The Labute approximate surface area is 185 Å². The van der Waals surface area contributed by atoms with E-state index in [-0.39, 0.29) is 30.7 Å². The minimum atomic E-state index is -1.01. The van der Waals surface area contributed by atoms with Gasteiger partial charge in [0.05, 0.1) is 17.4 Å². The Bertz CT molecular complexity index is 1060. The zero-order chi connectivity index (χ0) is 22.9. The van der Waals surface area contributed by atoms with Crippen molar-refractivity contribution in [2.24, 2.45) is 0 Å². The molecule has 168 valence electrons. The summed E-state index contributed by atoms with van der Waals surface area (Å²) in [6, 6.07) is 12.7. The third-order valence-electron chi connectivity index (χ3n) is 6.26. The fourth-order valence-electron chi connectivity index (χ4n) is 4.57. The van der Waals surface area contributed by atoms with Crippen molar-refractivity contribution in [1.29, 1.82) is 0 Å².